The lowest BCUT2D eigenvalue weighted by molar-refractivity contribution is -0.309. The van der Waals surface area contributed by atoms with Gasteiger partial charge in [-0.3, -0.25) is 4.79 Å². The van der Waals surface area contributed by atoms with E-state index in [1.54, 1.807) is 18.9 Å². The van der Waals surface area contributed by atoms with Gasteiger partial charge in [-0.15, -0.1) is 0 Å². The Labute approximate surface area is 113 Å². The second-order valence-electron chi connectivity index (χ2n) is 5.56. The summed E-state index contributed by atoms with van der Waals surface area (Å²) in [5, 5.41) is 0. The maximum Gasteiger partial charge on any atom is 0.221 e. The third-order valence-corrected chi connectivity index (χ3v) is 4.17. The normalized spacial score (nSPS) is 32.6. The molecule has 1 aromatic carbocycles. The largest absolute Gasteiger partial charge is 0.341 e. The van der Waals surface area contributed by atoms with Gasteiger partial charge in [0.25, 0.3) is 0 Å². The minimum absolute atomic E-state index is 0.0156. The van der Waals surface area contributed by atoms with Crippen LogP contribution in [-0.4, -0.2) is 30.4 Å². The molecule has 0 saturated carbocycles. The van der Waals surface area contributed by atoms with Crippen LogP contribution in [0.25, 0.3) is 0 Å². The lowest BCUT2D eigenvalue weighted by Crippen LogP contribution is -2.54. The van der Waals surface area contributed by atoms with Gasteiger partial charge in [-0.25, -0.2) is 0 Å². The van der Waals surface area contributed by atoms with E-state index in [0.29, 0.717) is 6.42 Å². The van der Waals surface area contributed by atoms with Crippen LogP contribution in [0.4, 0.5) is 0 Å². The van der Waals surface area contributed by atoms with Gasteiger partial charge in [0.2, 0.25) is 5.91 Å². The standard InChI is InChI=1S/C15H19NO3/c1-10(17)16(3)13-9-15(2)12-7-5-4-6-11(12)8-14(18-13)19-15/h4-7,13-14H,8-9H2,1-3H3/t13-,14+,15+/m1/s1. The molecule has 2 aliphatic rings. The number of fused-ring (bicyclic) bond motifs is 4. The fraction of sp³-hybridized carbons (Fsp3) is 0.533. The lowest BCUT2D eigenvalue weighted by Gasteiger charge is -2.48. The molecule has 4 heteroatoms. The molecule has 1 fully saturated rings. The second-order valence-corrected chi connectivity index (χ2v) is 5.56. The zero-order chi connectivity index (χ0) is 13.6. The second kappa shape index (κ2) is 4.32. The Kier molecular flexibility index (Phi) is 2.87. The van der Waals surface area contributed by atoms with Gasteiger partial charge in [0.1, 0.15) is 6.23 Å². The van der Waals surface area contributed by atoms with E-state index in [1.165, 1.54) is 11.1 Å². The molecule has 2 heterocycles. The first-order chi connectivity index (χ1) is 8.99. The van der Waals surface area contributed by atoms with E-state index in [9.17, 15) is 4.79 Å². The summed E-state index contributed by atoms with van der Waals surface area (Å²) in [5.74, 6) is 0.0156. The molecule has 0 aliphatic carbocycles. The minimum Gasteiger partial charge on any atom is -0.341 e. The van der Waals surface area contributed by atoms with Crippen molar-refractivity contribution in [3.8, 4) is 0 Å². The molecule has 1 amide bonds. The molecule has 0 aromatic heterocycles. The summed E-state index contributed by atoms with van der Waals surface area (Å²) >= 11 is 0. The van der Waals surface area contributed by atoms with Crippen molar-refractivity contribution < 1.29 is 14.3 Å². The molecule has 0 spiro atoms. The van der Waals surface area contributed by atoms with Crippen molar-refractivity contribution in [3.63, 3.8) is 0 Å². The first-order valence-electron chi connectivity index (χ1n) is 6.65. The highest BCUT2D eigenvalue weighted by atomic mass is 16.7. The summed E-state index contributed by atoms with van der Waals surface area (Å²) in [4.78, 5) is 13.2. The van der Waals surface area contributed by atoms with E-state index in [4.69, 9.17) is 9.47 Å². The summed E-state index contributed by atoms with van der Waals surface area (Å²) in [6, 6.07) is 8.32. The molecule has 1 saturated heterocycles. The first kappa shape index (κ1) is 12.6. The highest BCUT2D eigenvalue weighted by Crippen LogP contribution is 2.43. The van der Waals surface area contributed by atoms with E-state index < -0.39 is 0 Å². The molecule has 0 N–H and O–H groups in total. The zero-order valence-electron chi connectivity index (χ0n) is 11.6. The van der Waals surface area contributed by atoms with Crippen molar-refractivity contribution in [2.45, 2.75) is 44.8 Å². The Bertz CT molecular complexity index is 516. The number of rotatable bonds is 1. The smallest absolute Gasteiger partial charge is 0.221 e. The van der Waals surface area contributed by atoms with Crippen molar-refractivity contribution in [2.24, 2.45) is 0 Å². The molecule has 3 atom stereocenters. The van der Waals surface area contributed by atoms with Crippen molar-refractivity contribution in [1.82, 2.24) is 4.90 Å². The summed E-state index contributed by atoms with van der Waals surface area (Å²) in [6.45, 7) is 3.65. The maximum atomic E-state index is 11.5. The van der Waals surface area contributed by atoms with Crippen LogP contribution >= 0.6 is 0 Å². The monoisotopic (exact) mass is 261 g/mol. The van der Waals surface area contributed by atoms with Crippen LogP contribution in [0, 0.1) is 0 Å². The van der Waals surface area contributed by atoms with E-state index in [2.05, 4.69) is 19.1 Å². The molecule has 102 valence electrons. The Morgan fingerprint density at radius 3 is 2.89 bits per heavy atom. The van der Waals surface area contributed by atoms with E-state index in [1.807, 2.05) is 12.1 Å². The molecule has 2 bridgehead atoms. The lowest BCUT2D eigenvalue weighted by atomic mass is 9.83. The number of carbonyl (C=O) groups excluding carboxylic acids is 1. The number of ether oxygens (including phenoxy) is 2. The average molecular weight is 261 g/mol. The Hall–Kier alpha value is -1.39. The highest BCUT2D eigenvalue weighted by molar-refractivity contribution is 5.73. The molecule has 2 aliphatic heterocycles. The maximum absolute atomic E-state index is 11.5. The van der Waals surface area contributed by atoms with Crippen molar-refractivity contribution in [3.05, 3.63) is 35.4 Å². The topological polar surface area (TPSA) is 38.8 Å². The van der Waals surface area contributed by atoms with Crippen LogP contribution in [0.15, 0.2) is 24.3 Å². The molecule has 4 nitrogen and oxygen atoms in total. The summed E-state index contributed by atoms with van der Waals surface area (Å²) in [7, 11) is 1.78. The van der Waals surface area contributed by atoms with Crippen molar-refractivity contribution in [1.29, 1.82) is 0 Å². The van der Waals surface area contributed by atoms with Crippen LogP contribution in [0.3, 0.4) is 0 Å². The predicted molar refractivity (Wildman–Crippen MR) is 70.3 cm³/mol. The quantitative estimate of drug-likeness (QED) is 0.776. The van der Waals surface area contributed by atoms with Crippen LogP contribution in [0.2, 0.25) is 0 Å². The van der Waals surface area contributed by atoms with Crippen LogP contribution in [0.1, 0.15) is 31.4 Å². The summed E-state index contributed by atoms with van der Waals surface area (Å²) < 4.78 is 11.9. The predicted octanol–water partition coefficient (Wildman–Crippen LogP) is 2.03. The number of hydrogen-bond acceptors (Lipinski definition) is 3. The molecule has 0 radical (unpaired) electrons. The van der Waals surface area contributed by atoms with Crippen LogP contribution in [-0.2, 0) is 26.3 Å². The Balaban J connectivity index is 1.95. The molecular formula is C15H19NO3. The molecule has 19 heavy (non-hydrogen) atoms. The Morgan fingerprint density at radius 2 is 2.16 bits per heavy atom. The number of benzene rings is 1. The zero-order valence-corrected chi connectivity index (χ0v) is 11.6. The number of hydrogen-bond donors (Lipinski definition) is 0. The van der Waals surface area contributed by atoms with E-state index in [-0.39, 0.29) is 24.0 Å². The number of carbonyl (C=O) groups is 1. The number of amides is 1. The molecule has 0 unspecified atom stereocenters. The van der Waals surface area contributed by atoms with E-state index >= 15 is 0 Å². The van der Waals surface area contributed by atoms with Crippen LogP contribution in [0.5, 0.6) is 0 Å². The Morgan fingerprint density at radius 1 is 1.42 bits per heavy atom. The minimum atomic E-state index is -0.369. The average Bonchev–Trinajstić information content (AvgIpc) is 2.36. The third-order valence-electron chi connectivity index (χ3n) is 4.17. The fourth-order valence-electron chi connectivity index (χ4n) is 3.01. The van der Waals surface area contributed by atoms with Gasteiger partial charge in [-0.05, 0) is 18.1 Å². The summed E-state index contributed by atoms with van der Waals surface area (Å²) in [5.41, 5.74) is 2.13. The van der Waals surface area contributed by atoms with Gasteiger partial charge in [0, 0.05) is 26.8 Å². The van der Waals surface area contributed by atoms with Gasteiger partial charge >= 0.3 is 0 Å². The van der Waals surface area contributed by atoms with Gasteiger partial charge in [-0.2, -0.15) is 0 Å². The van der Waals surface area contributed by atoms with Crippen LogP contribution < -0.4 is 0 Å². The third kappa shape index (κ3) is 2.05. The fourth-order valence-corrected chi connectivity index (χ4v) is 3.01. The first-order valence-corrected chi connectivity index (χ1v) is 6.65. The molecular weight excluding hydrogens is 242 g/mol. The van der Waals surface area contributed by atoms with Gasteiger partial charge < -0.3 is 14.4 Å². The summed E-state index contributed by atoms with van der Waals surface area (Å²) in [6.07, 6.45) is 0.931. The highest BCUT2D eigenvalue weighted by Gasteiger charge is 2.46. The van der Waals surface area contributed by atoms with E-state index in [0.717, 1.165) is 6.42 Å². The molecule has 3 rings (SSSR count). The van der Waals surface area contributed by atoms with Crippen molar-refractivity contribution in [2.75, 3.05) is 7.05 Å². The van der Waals surface area contributed by atoms with Crippen molar-refractivity contribution >= 4 is 5.91 Å². The van der Waals surface area contributed by atoms with Gasteiger partial charge in [0.15, 0.2) is 6.29 Å². The molecule has 1 aromatic rings. The number of nitrogens with zero attached hydrogens (tertiary/aromatic N) is 1. The van der Waals surface area contributed by atoms with Gasteiger partial charge in [0.05, 0.1) is 5.60 Å². The van der Waals surface area contributed by atoms with Gasteiger partial charge in [-0.1, -0.05) is 24.3 Å². The SMILES string of the molecule is CC(=O)N(C)[C@H]1C[C@]2(C)O[C@@H](Cc3ccccc32)O1.